The second-order valence-corrected chi connectivity index (χ2v) is 6.95. The van der Waals surface area contributed by atoms with E-state index in [4.69, 9.17) is 5.73 Å². The molecule has 2 heterocycles. The van der Waals surface area contributed by atoms with E-state index >= 15 is 0 Å². The SMILES string of the molecule is NC(CC(=O)Nc1ccc2[nH]ccc2c1)c1ccc(C(=O)Nc2ccncc2)cc1. The molecule has 7 heteroatoms. The highest BCUT2D eigenvalue weighted by molar-refractivity contribution is 6.04. The first-order chi connectivity index (χ1) is 14.6. The number of pyridine rings is 1. The fraction of sp³-hybridized carbons (Fsp3) is 0.0870. The molecule has 0 spiro atoms. The molecule has 0 aliphatic carbocycles. The monoisotopic (exact) mass is 399 g/mol. The average molecular weight is 399 g/mol. The number of aromatic amines is 1. The predicted octanol–water partition coefficient (Wildman–Crippen LogP) is 3.84. The fourth-order valence-corrected chi connectivity index (χ4v) is 3.18. The van der Waals surface area contributed by atoms with Crippen LogP contribution in [0.3, 0.4) is 0 Å². The van der Waals surface area contributed by atoms with Crippen molar-refractivity contribution in [1.29, 1.82) is 0 Å². The molecule has 0 saturated heterocycles. The molecule has 1 unspecified atom stereocenters. The van der Waals surface area contributed by atoms with Gasteiger partial charge in [0, 0.05) is 58.9 Å². The number of hydrogen-bond donors (Lipinski definition) is 4. The second kappa shape index (κ2) is 8.59. The first-order valence-corrected chi connectivity index (χ1v) is 9.52. The summed E-state index contributed by atoms with van der Waals surface area (Å²) in [5, 5.41) is 6.71. The van der Waals surface area contributed by atoms with Gasteiger partial charge < -0.3 is 21.4 Å². The minimum Gasteiger partial charge on any atom is -0.361 e. The van der Waals surface area contributed by atoms with Gasteiger partial charge in [0.1, 0.15) is 0 Å². The minimum absolute atomic E-state index is 0.133. The van der Waals surface area contributed by atoms with Crippen LogP contribution in [-0.2, 0) is 4.79 Å². The molecule has 0 radical (unpaired) electrons. The van der Waals surface area contributed by atoms with Crippen LogP contribution >= 0.6 is 0 Å². The molecule has 1 atom stereocenters. The summed E-state index contributed by atoms with van der Waals surface area (Å²) in [5.74, 6) is -0.392. The largest absolute Gasteiger partial charge is 0.361 e. The lowest BCUT2D eigenvalue weighted by atomic mass is 10.0. The summed E-state index contributed by atoms with van der Waals surface area (Å²) in [6.45, 7) is 0. The molecule has 0 bridgehead atoms. The molecule has 2 aromatic heterocycles. The molecule has 0 saturated carbocycles. The third-order valence-electron chi connectivity index (χ3n) is 4.78. The van der Waals surface area contributed by atoms with Gasteiger partial charge in [0.15, 0.2) is 0 Å². The predicted molar refractivity (Wildman–Crippen MR) is 117 cm³/mol. The quantitative estimate of drug-likeness (QED) is 0.394. The molecule has 4 rings (SSSR count). The van der Waals surface area contributed by atoms with Crippen LogP contribution in [0.5, 0.6) is 0 Å². The Kier molecular flexibility index (Phi) is 5.54. The van der Waals surface area contributed by atoms with Gasteiger partial charge in [-0.15, -0.1) is 0 Å². The highest BCUT2D eigenvalue weighted by Gasteiger charge is 2.13. The number of nitrogens with one attached hydrogen (secondary N) is 3. The molecule has 150 valence electrons. The number of fused-ring (bicyclic) bond motifs is 1. The third kappa shape index (κ3) is 4.53. The maximum absolute atomic E-state index is 12.4. The molecule has 5 N–H and O–H groups in total. The molecule has 30 heavy (non-hydrogen) atoms. The van der Waals surface area contributed by atoms with Crippen LogP contribution < -0.4 is 16.4 Å². The third-order valence-corrected chi connectivity index (χ3v) is 4.78. The van der Waals surface area contributed by atoms with Crippen molar-refractivity contribution in [2.45, 2.75) is 12.5 Å². The van der Waals surface area contributed by atoms with E-state index in [0.29, 0.717) is 11.3 Å². The van der Waals surface area contributed by atoms with Crippen molar-refractivity contribution in [1.82, 2.24) is 9.97 Å². The number of carbonyl (C=O) groups is 2. The Labute approximate surface area is 173 Å². The molecule has 0 aliphatic rings. The van der Waals surface area contributed by atoms with Crippen molar-refractivity contribution >= 4 is 34.1 Å². The Morgan fingerprint density at radius 1 is 0.933 bits per heavy atom. The summed E-state index contributed by atoms with van der Waals surface area (Å²) in [5.41, 5.74) is 9.90. The molecule has 2 aromatic carbocycles. The van der Waals surface area contributed by atoms with Gasteiger partial charge in [0.05, 0.1) is 0 Å². The van der Waals surface area contributed by atoms with Crippen LogP contribution in [0.25, 0.3) is 10.9 Å². The molecule has 7 nitrogen and oxygen atoms in total. The molecular formula is C23H21N5O2. The number of aromatic nitrogens is 2. The van der Waals surface area contributed by atoms with E-state index < -0.39 is 6.04 Å². The summed E-state index contributed by atoms with van der Waals surface area (Å²) in [4.78, 5) is 31.7. The van der Waals surface area contributed by atoms with E-state index in [2.05, 4.69) is 20.6 Å². The van der Waals surface area contributed by atoms with E-state index in [1.807, 2.05) is 30.5 Å². The normalized spacial score (nSPS) is 11.8. The van der Waals surface area contributed by atoms with Gasteiger partial charge in [0.25, 0.3) is 5.91 Å². The molecular weight excluding hydrogens is 378 g/mol. The standard InChI is InChI=1S/C23H21N5O2/c24-20(14-22(29)27-19-5-6-21-17(13-19)7-12-26-21)15-1-3-16(4-2-15)23(30)28-18-8-10-25-11-9-18/h1-13,20,26H,14,24H2,(H,27,29)(H,25,28,30). The number of anilines is 2. The van der Waals surface area contributed by atoms with Crippen LogP contribution in [0.1, 0.15) is 28.4 Å². The Balaban J connectivity index is 1.35. The Morgan fingerprint density at radius 2 is 1.70 bits per heavy atom. The highest BCUT2D eigenvalue weighted by Crippen LogP contribution is 2.20. The van der Waals surface area contributed by atoms with E-state index in [1.54, 1.807) is 48.8 Å². The summed E-state index contributed by atoms with van der Waals surface area (Å²) >= 11 is 0. The van der Waals surface area contributed by atoms with Crippen molar-refractivity contribution in [3.8, 4) is 0 Å². The Bertz CT molecular complexity index is 1170. The van der Waals surface area contributed by atoms with E-state index in [0.717, 1.165) is 22.2 Å². The lowest BCUT2D eigenvalue weighted by molar-refractivity contribution is -0.116. The summed E-state index contributed by atoms with van der Waals surface area (Å²) < 4.78 is 0. The zero-order chi connectivity index (χ0) is 20.9. The number of nitrogens with zero attached hydrogens (tertiary/aromatic N) is 1. The number of nitrogens with two attached hydrogens (primary N) is 1. The molecule has 0 aliphatic heterocycles. The van der Waals surface area contributed by atoms with Crippen LogP contribution in [0, 0.1) is 0 Å². The van der Waals surface area contributed by atoms with Crippen molar-refractivity contribution in [2.75, 3.05) is 10.6 Å². The van der Waals surface area contributed by atoms with Crippen molar-refractivity contribution in [2.24, 2.45) is 5.73 Å². The van der Waals surface area contributed by atoms with Gasteiger partial charge in [-0.1, -0.05) is 12.1 Å². The molecule has 4 aromatic rings. The van der Waals surface area contributed by atoms with E-state index in [-0.39, 0.29) is 18.2 Å². The van der Waals surface area contributed by atoms with Crippen LogP contribution in [0.15, 0.2) is 79.3 Å². The molecule has 2 amide bonds. The Morgan fingerprint density at radius 3 is 2.47 bits per heavy atom. The topological polar surface area (TPSA) is 113 Å². The van der Waals surface area contributed by atoms with Crippen molar-refractivity contribution in [3.63, 3.8) is 0 Å². The summed E-state index contributed by atoms with van der Waals surface area (Å²) in [6, 6.07) is 17.5. The Hall–Kier alpha value is -3.97. The molecule has 0 fully saturated rings. The van der Waals surface area contributed by atoms with Crippen LogP contribution in [0.4, 0.5) is 11.4 Å². The van der Waals surface area contributed by atoms with E-state index in [9.17, 15) is 9.59 Å². The van der Waals surface area contributed by atoms with Crippen LogP contribution in [-0.4, -0.2) is 21.8 Å². The first-order valence-electron chi connectivity index (χ1n) is 9.52. The van der Waals surface area contributed by atoms with Gasteiger partial charge in [0.2, 0.25) is 5.91 Å². The highest BCUT2D eigenvalue weighted by atomic mass is 16.2. The van der Waals surface area contributed by atoms with Crippen molar-refractivity contribution in [3.05, 3.63) is 90.4 Å². The zero-order valence-corrected chi connectivity index (χ0v) is 16.1. The fourth-order valence-electron chi connectivity index (χ4n) is 3.18. The smallest absolute Gasteiger partial charge is 0.255 e. The number of carbonyl (C=O) groups excluding carboxylic acids is 2. The number of benzene rings is 2. The van der Waals surface area contributed by atoms with Gasteiger partial charge >= 0.3 is 0 Å². The summed E-state index contributed by atoms with van der Waals surface area (Å²) in [6.07, 6.45) is 5.21. The van der Waals surface area contributed by atoms with Gasteiger partial charge in [-0.05, 0) is 54.1 Å². The number of hydrogen-bond acceptors (Lipinski definition) is 4. The summed E-state index contributed by atoms with van der Waals surface area (Å²) in [7, 11) is 0. The lowest BCUT2D eigenvalue weighted by Gasteiger charge is -2.13. The first kappa shape index (κ1) is 19.4. The number of H-pyrrole nitrogens is 1. The second-order valence-electron chi connectivity index (χ2n) is 6.95. The van der Waals surface area contributed by atoms with Crippen molar-refractivity contribution < 1.29 is 9.59 Å². The van der Waals surface area contributed by atoms with Gasteiger partial charge in [-0.2, -0.15) is 0 Å². The average Bonchev–Trinajstić information content (AvgIpc) is 3.22. The van der Waals surface area contributed by atoms with Crippen LogP contribution in [0.2, 0.25) is 0 Å². The number of rotatable bonds is 6. The van der Waals surface area contributed by atoms with Gasteiger partial charge in [-0.25, -0.2) is 0 Å². The number of amides is 2. The maximum Gasteiger partial charge on any atom is 0.255 e. The van der Waals surface area contributed by atoms with E-state index in [1.165, 1.54) is 0 Å². The maximum atomic E-state index is 12.4. The minimum atomic E-state index is -0.474. The zero-order valence-electron chi connectivity index (χ0n) is 16.1. The van der Waals surface area contributed by atoms with Gasteiger partial charge in [-0.3, -0.25) is 14.6 Å². The lowest BCUT2D eigenvalue weighted by Crippen LogP contribution is -2.20.